The monoisotopic (exact) mass is 600 g/mol. The number of allylic oxidation sites excluding steroid dienone is 8. The van der Waals surface area contributed by atoms with E-state index in [0.29, 0.717) is 3.67 Å². The summed E-state index contributed by atoms with van der Waals surface area (Å²) in [6, 6.07) is 22.5. The standard InChI is InChI=1S/C13H10.C9H11.C5H5.2ClH.Hf/c1-3-7-12(8-4-1)11-13-9-5-2-6-10-13;1-2-5-9-7-3-6-8(9)4-1;1-2-4-5-3-1;;;/h1-10H;3,6-7H,1-2,4-5H2;1-3H,4H2;2*1H;/q;;;;;+2/p-2. The van der Waals surface area contributed by atoms with Gasteiger partial charge in [-0.1, -0.05) is 0 Å². The number of hydrogen-bond donors (Lipinski definition) is 0. The molecule has 5 rings (SSSR count). The molecule has 0 bridgehead atoms. The van der Waals surface area contributed by atoms with Crippen molar-refractivity contribution in [2.24, 2.45) is 0 Å². The van der Waals surface area contributed by atoms with Gasteiger partial charge in [-0.3, -0.25) is 0 Å². The summed E-state index contributed by atoms with van der Waals surface area (Å²) in [5.74, 6) is 0. The van der Waals surface area contributed by atoms with Gasteiger partial charge in [0, 0.05) is 0 Å². The van der Waals surface area contributed by atoms with Gasteiger partial charge in [0.2, 0.25) is 0 Å². The molecular weight excluding hydrogens is 574 g/mol. The first-order valence-corrected chi connectivity index (χ1v) is 16.2. The van der Waals surface area contributed by atoms with Gasteiger partial charge < -0.3 is 24.8 Å². The fraction of sp³-hybridized carbons (Fsp3) is 0.222. The van der Waals surface area contributed by atoms with Crippen molar-refractivity contribution in [3.63, 3.8) is 0 Å². The predicted molar refractivity (Wildman–Crippen MR) is 116 cm³/mol. The Morgan fingerprint density at radius 2 is 1.43 bits per heavy atom. The van der Waals surface area contributed by atoms with Crippen LogP contribution in [0.15, 0.2) is 106 Å². The molecule has 0 N–H and O–H groups in total. The maximum Gasteiger partial charge on any atom is -1.00 e. The summed E-state index contributed by atoms with van der Waals surface area (Å²) in [5, 5.41) is 0. The van der Waals surface area contributed by atoms with E-state index in [-0.39, 0.29) is 24.8 Å². The van der Waals surface area contributed by atoms with Crippen molar-refractivity contribution in [1.29, 1.82) is 0 Å². The molecule has 0 radical (unpaired) electrons. The molecule has 2 aromatic rings. The summed E-state index contributed by atoms with van der Waals surface area (Å²) in [6.07, 6.45) is 18.7. The minimum absolute atomic E-state index is 0. The minimum atomic E-state index is -2.41. The molecular formula is C27H26Cl2Hf. The zero-order valence-electron chi connectivity index (χ0n) is 17.0. The second-order valence-corrected chi connectivity index (χ2v) is 17.3. The predicted octanol–water partition coefficient (Wildman–Crippen LogP) is 0.954. The molecule has 0 saturated carbocycles. The Morgan fingerprint density at radius 3 is 2.03 bits per heavy atom. The van der Waals surface area contributed by atoms with Crippen molar-refractivity contribution in [3.05, 3.63) is 117 Å². The Hall–Kier alpha value is -1.28. The summed E-state index contributed by atoms with van der Waals surface area (Å²) in [7, 11) is 0. The molecule has 0 saturated heterocycles. The molecule has 3 heteroatoms. The molecule has 0 amide bonds. The van der Waals surface area contributed by atoms with Crippen LogP contribution in [0.1, 0.15) is 43.2 Å². The molecule has 1 unspecified atom stereocenters. The molecule has 152 valence electrons. The van der Waals surface area contributed by atoms with Gasteiger partial charge in [0.1, 0.15) is 0 Å². The van der Waals surface area contributed by atoms with Crippen molar-refractivity contribution in [2.45, 2.75) is 35.8 Å². The molecule has 0 aromatic heterocycles. The molecule has 1 atom stereocenters. The Labute approximate surface area is 200 Å². The molecule has 3 aliphatic carbocycles. The van der Waals surface area contributed by atoms with Crippen LogP contribution in [-0.2, 0) is 21.0 Å². The van der Waals surface area contributed by atoms with E-state index < -0.39 is 21.0 Å². The van der Waals surface area contributed by atoms with Gasteiger partial charge in [-0.05, 0) is 0 Å². The third kappa shape index (κ3) is 4.64. The third-order valence-electron chi connectivity index (χ3n) is 6.24. The Balaban J connectivity index is 0.00000128. The van der Waals surface area contributed by atoms with Crippen LogP contribution in [0.3, 0.4) is 0 Å². The molecule has 0 spiro atoms. The zero-order valence-corrected chi connectivity index (χ0v) is 22.1. The Kier molecular flexibility index (Phi) is 8.45. The van der Waals surface area contributed by atoms with Gasteiger partial charge in [-0.25, -0.2) is 0 Å². The van der Waals surface area contributed by atoms with Gasteiger partial charge in [0.15, 0.2) is 0 Å². The van der Waals surface area contributed by atoms with Crippen LogP contribution in [0.2, 0.25) is 3.67 Å². The first-order chi connectivity index (χ1) is 13.9. The maximum atomic E-state index is 2.60. The van der Waals surface area contributed by atoms with Crippen LogP contribution < -0.4 is 24.8 Å². The molecule has 0 fully saturated rings. The normalized spacial score (nSPS) is 18.6. The van der Waals surface area contributed by atoms with Crippen molar-refractivity contribution in [3.8, 4) is 0 Å². The van der Waals surface area contributed by atoms with Gasteiger partial charge in [0.05, 0.1) is 0 Å². The van der Waals surface area contributed by atoms with E-state index in [1.807, 2.05) is 0 Å². The summed E-state index contributed by atoms with van der Waals surface area (Å²) >= 11 is -2.41. The van der Waals surface area contributed by atoms with E-state index in [2.05, 4.69) is 91.0 Å². The summed E-state index contributed by atoms with van der Waals surface area (Å²) in [4.78, 5) is 0. The van der Waals surface area contributed by atoms with Crippen LogP contribution in [0, 0.1) is 0 Å². The van der Waals surface area contributed by atoms with Crippen LogP contribution in [0.4, 0.5) is 0 Å². The Morgan fingerprint density at radius 1 is 0.800 bits per heavy atom. The van der Waals surface area contributed by atoms with Crippen molar-refractivity contribution in [2.75, 3.05) is 0 Å². The smallest absolute Gasteiger partial charge is 1.00 e. The molecule has 3 aliphatic rings. The van der Waals surface area contributed by atoms with Crippen LogP contribution >= 0.6 is 0 Å². The Bertz CT molecular complexity index is 986. The fourth-order valence-electron chi connectivity index (χ4n) is 4.95. The van der Waals surface area contributed by atoms with Crippen molar-refractivity contribution >= 4 is 3.26 Å². The summed E-state index contributed by atoms with van der Waals surface area (Å²) in [6.45, 7) is 0. The second kappa shape index (κ2) is 10.8. The molecule has 0 nitrogen and oxygen atoms in total. The van der Waals surface area contributed by atoms with Crippen molar-refractivity contribution in [1.82, 2.24) is 0 Å². The van der Waals surface area contributed by atoms with Crippen LogP contribution in [0.25, 0.3) is 0 Å². The van der Waals surface area contributed by atoms with E-state index in [1.165, 1.54) is 36.8 Å². The first-order valence-electron chi connectivity index (χ1n) is 10.5. The number of benzene rings is 2. The van der Waals surface area contributed by atoms with E-state index in [9.17, 15) is 0 Å². The summed E-state index contributed by atoms with van der Waals surface area (Å²) in [5.41, 5.74) is 6.36. The average molecular weight is 600 g/mol. The van der Waals surface area contributed by atoms with E-state index in [4.69, 9.17) is 0 Å². The van der Waals surface area contributed by atoms with Gasteiger partial charge in [0.25, 0.3) is 0 Å². The molecule has 30 heavy (non-hydrogen) atoms. The fourth-order valence-corrected chi connectivity index (χ4v) is 17.8. The van der Waals surface area contributed by atoms with E-state index in [0.717, 1.165) is 6.42 Å². The topological polar surface area (TPSA) is 0 Å². The van der Waals surface area contributed by atoms with Gasteiger partial charge >= 0.3 is 177 Å². The SMILES string of the molecule is C1=CC[C]([Hf+2](=[C](c2ccccc2)c2ccccc2)[CH]2C=CC3=C2CCCC3)=C1.[Cl-].[Cl-]. The second-order valence-electron chi connectivity index (χ2n) is 7.94. The third-order valence-corrected chi connectivity index (χ3v) is 18.2. The summed E-state index contributed by atoms with van der Waals surface area (Å²) < 4.78 is 4.17. The zero-order chi connectivity index (χ0) is 18.8. The largest absolute Gasteiger partial charge is 1.00 e. The molecule has 0 aliphatic heterocycles. The molecule has 0 heterocycles. The number of rotatable bonds is 4. The van der Waals surface area contributed by atoms with Crippen LogP contribution in [0.5, 0.6) is 0 Å². The van der Waals surface area contributed by atoms with Crippen molar-refractivity contribution < 1.29 is 45.8 Å². The molecule has 2 aromatic carbocycles. The maximum absolute atomic E-state index is 2.60. The number of hydrogen-bond acceptors (Lipinski definition) is 0. The average Bonchev–Trinajstić information content (AvgIpc) is 3.44. The quantitative estimate of drug-likeness (QED) is 0.460. The van der Waals surface area contributed by atoms with E-state index >= 15 is 0 Å². The number of halogens is 2. The van der Waals surface area contributed by atoms with Crippen LogP contribution in [-0.4, -0.2) is 3.26 Å². The van der Waals surface area contributed by atoms with Gasteiger partial charge in [-0.15, -0.1) is 0 Å². The van der Waals surface area contributed by atoms with Gasteiger partial charge in [-0.2, -0.15) is 0 Å². The minimum Gasteiger partial charge on any atom is -1.00 e. The van der Waals surface area contributed by atoms with E-state index in [1.54, 1.807) is 17.7 Å². The first kappa shape index (κ1) is 23.4.